The summed E-state index contributed by atoms with van der Waals surface area (Å²) in [6, 6.07) is 5.99. The normalized spacial score (nSPS) is 16.7. The van der Waals surface area contributed by atoms with Crippen LogP contribution in [-0.2, 0) is 49.4 Å². The molecule has 0 unspecified atom stereocenters. The van der Waals surface area contributed by atoms with Crippen LogP contribution in [-0.4, -0.2) is 135 Å². The molecule has 15 nitrogen and oxygen atoms in total. The molecule has 1 aliphatic heterocycles. The van der Waals surface area contributed by atoms with E-state index in [0.717, 1.165) is 21.7 Å². The molecule has 50 heavy (non-hydrogen) atoms. The molecule has 16 heteroatoms. The van der Waals surface area contributed by atoms with Gasteiger partial charge in [0.15, 0.2) is 0 Å². The number of aryl methyl sites for hydroxylation is 1. The van der Waals surface area contributed by atoms with Gasteiger partial charge in [0.25, 0.3) is 0 Å². The minimum atomic E-state index is -1.03. The highest BCUT2D eigenvalue weighted by molar-refractivity contribution is 7.13. The van der Waals surface area contributed by atoms with E-state index in [4.69, 9.17) is 28.8 Å². The van der Waals surface area contributed by atoms with Crippen LogP contribution in [0.3, 0.4) is 0 Å². The molecular weight excluding hydrogens is 672 g/mol. The van der Waals surface area contributed by atoms with Crippen molar-refractivity contribution in [3.8, 4) is 10.4 Å². The van der Waals surface area contributed by atoms with Gasteiger partial charge >= 0.3 is 5.97 Å². The van der Waals surface area contributed by atoms with Gasteiger partial charge in [0.1, 0.15) is 25.3 Å². The first kappa shape index (κ1) is 40.9. The average Bonchev–Trinajstić information content (AvgIpc) is 3.68. The second-order valence-corrected chi connectivity index (χ2v) is 13.6. The zero-order valence-electron chi connectivity index (χ0n) is 29.2. The van der Waals surface area contributed by atoms with Crippen molar-refractivity contribution in [1.29, 1.82) is 0 Å². The quantitative estimate of drug-likeness (QED) is 0.128. The number of amides is 3. The number of aliphatic carboxylic acids is 1. The Hall–Kier alpha value is -3.51. The number of benzene rings is 1. The number of likely N-dealkylation sites (tertiary alicyclic amines) is 1. The number of aromatic nitrogens is 1. The molecule has 2 aromatic rings. The second kappa shape index (κ2) is 21.0. The van der Waals surface area contributed by atoms with Gasteiger partial charge in [0, 0.05) is 19.5 Å². The summed E-state index contributed by atoms with van der Waals surface area (Å²) in [5.41, 5.74) is 4.01. The van der Waals surface area contributed by atoms with Crippen LogP contribution in [0.1, 0.15) is 38.4 Å². The Morgan fingerprint density at radius 3 is 2.00 bits per heavy atom. The molecule has 0 aliphatic carbocycles. The lowest BCUT2D eigenvalue weighted by Crippen LogP contribution is -2.58. The molecule has 1 fully saturated rings. The standard InChI is InChI=1S/C34H50N4O11S/c1-23-30(50-22-36-23)25-7-5-24(6-8-25)18-35-32(43)27-17-26(39)19-38(27)33(44)31(34(2,3)4)37-28(40)20-48-15-13-46-11-9-45-10-12-47-14-16-49-21-29(41)42/h5-8,22,26-27,31,39H,9-21H2,1-4H3,(H,35,43)(H,37,40)(H,41,42)/t26-,27+,31-/m1/s1. The third-order valence-corrected chi connectivity index (χ3v) is 8.64. The molecule has 3 amide bonds. The molecular formula is C34H50N4O11S. The molecule has 1 aromatic heterocycles. The van der Waals surface area contributed by atoms with Gasteiger partial charge in [-0.1, -0.05) is 45.0 Å². The highest BCUT2D eigenvalue weighted by atomic mass is 32.1. The van der Waals surface area contributed by atoms with Crippen LogP contribution in [0.25, 0.3) is 10.4 Å². The fraction of sp³-hybridized carbons (Fsp3) is 0.618. The number of carboxylic acid groups (broad SMARTS) is 1. The summed E-state index contributed by atoms with van der Waals surface area (Å²) in [6.45, 7) is 9.16. The largest absolute Gasteiger partial charge is 0.480 e. The van der Waals surface area contributed by atoms with Crippen molar-refractivity contribution >= 4 is 35.0 Å². The third kappa shape index (κ3) is 14.0. The summed E-state index contributed by atoms with van der Waals surface area (Å²) in [5.74, 6) is -2.35. The Bertz CT molecular complexity index is 1370. The number of aliphatic hydroxyl groups excluding tert-OH is 1. The maximum atomic E-state index is 13.8. The lowest BCUT2D eigenvalue weighted by molar-refractivity contribution is -0.144. The fourth-order valence-electron chi connectivity index (χ4n) is 5.08. The number of hydrogen-bond acceptors (Lipinski definition) is 12. The van der Waals surface area contributed by atoms with E-state index in [0.29, 0.717) is 26.4 Å². The summed E-state index contributed by atoms with van der Waals surface area (Å²) in [6.07, 6.45) is -0.772. The molecule has 0 radical (unpaired) electrons. The first-order valence-electron chi connectivity index (χ1n) is 16.5. The zero-order valence-corrected chi connectivity index (χ0v) is 30.0. The summed E-state index contributed by atoms with van der Waals surface area (Å²) in [4.78, 5) is 56.9. The van der Waals surface area contributed by atoms with Crippen LogP contribution in [0.4, 0.5) is 0 Å². The highest BCUT2D eigenvalue weighted by Crippen LogP contribution is 2.28. The molecule has 3 rings (SSSR count). The van der Waals surface area contributed by atoms with E-state index in [1.807, 2.05) is 52.0 Å². The van der Waals surface area contributed by atoms with Crippen LogP contribution < -0.4 is 10.6 Å². The molecule has 4 N–H and O–H groups in total. The number of nitrogens with zero attached hydrogens (tertiary/aromatic N) is 2. The third-order valence-electron chi connectivity index (χ3n) is 7.66. The van der Waals surface area contributed by atoms with Crippen LogP contribution in [0.2, 0.25) is 0 Å². The number of carbonyl (C=O) groups is 4. The van der Waals surface area contributed by atoms with Crippen LogP contribution in [0.15, 0.2) is 29.8 Å². The molecule has 2 heterocycles. The van der Waals surface area contributed by atoms with Gasteiger partial charge in [-0.3, -0.25) is 14.4 Å². The predicted molar refractivity (Wildman–Crippen MR) is 183 cm³/mol. The maximum Gasteiger partial charge on any atom is 0.329 e. The molecule has 1 saturated heterocycles. The van der Waals surface area contributed by atoms with Crippen molar-refractivity contribution < 1.29 is 53.1 Å². The van der Waals surface area contributed by atoms with Crippen molar-refractivity contribution in [1.82, 2.24) is 20.5 Å². The van der Waals surface area contributed by atoms with E-state index in [1.54, 1.807) is 16.8 Å². The van der Waals surface area contributed by atoms with Gasteiger partial charge in [-0.25, -0.2) is 9.78 Å². The molecule has 278 valence electrons. The Balaban J connectivity index is 1.36. The molecule has 0 spiro atoms. The van der Waals surface area contributed by atoms with Crippen molar-refractivity contribution in [3.05, 3.63) is 41.0 Å². The fourth-order valence-corrected chi connectivity index (χ4v) is 5.90. The van der Waals surface area contributed by atoms with Crippen LogP contribution in [0.5, 0.6) is 0 Å². The minimum absolute atomic E-state index is 0.0175. The topological polar surface area (TPSA) is 195 Å². The molecule has 1 aliphatic rings. The number of nitrogens with one attached hydrogen (secondary N) is 2. The van der Waals surface area contributed by atoms with Gasteiger partial charge < -0.3 is 49.4 Å². The van der Waals surface area contributed by atoms with Gasteiger partial charge in [-0.15, -0.1) is 11.3 Å². The summed E-state index contributed by atoms with van der Waals surface area (Å²) >= 11 is 1.57. The Morgan fingerprint density at radius 2 is 1.48 bits per heavy atom. The van der Waals surface area contributed by atoms with Gasteiger partial charge in [0.2, 0.25) is 17.7 Å². The smallest absolute Gasteiger partial charge is 0.329 e. The van der Waals surface area contributed by atoms with Crippen LogP contribution >= 0.6 is 11.3 Å². The van der Waals surface area contributed by atoms with E-state index >= 15 is 0 Å². The number of thiazole rings is 1. The zero-order chi connectivity index (χ0) is 36.5. The van der Waals surface area contributed by atoms with Crippen LogP contribution in [0, 0.1) is 12.3 Å². The Morgan fingerprint density at radius 1 is 0.920 bits per heavy atom. The van der Waals surface area contributed by atoms with Crippen molar-refractivity contribution in [2.75, 3.05) is 72.6 Å². The number of ether oxygens (including phenoxy) is 5. The van der Waals surface area contributed by atoms with Gasteiger partial charge in [0.05, 0.1) is 75.0 Å². The SMILES string of the molecule is Cc1ncsc1-c1ccc(CNC(=O)[C@@H]2C[C@@H](O)CN2C(=O)[C@@H](NC(=O)COCCOCCOCCOCCOCC(=O)O)C(C)(C)C)cc1. The molecule has 0 saturated carbocycles. The lowest BCUT2D eigenvalue weighted by Gasteiger charge is -2.35. The number of carboxylic acids is 1. The first-order chi connectivity index (χ1) is 23.9. The Labute approximate surface area is 296 Å². The second-order valence-electron chi connectivity index (χ2n) is 12.8. The van der Waals surface area contributed by atoms with Crippen molar-refractivity contribution in [2.45, 2.75) is 58.8 Å². The number of aliphatic hydroxyl groups is 1. The van der Waals surface area contributed by atoms with E-state index in [9.17, 15) is 24.3 Å². The molecule has 3 atom stereocenters. The number of carbonyl (C=O) groups excluding carboxylic acids is 3. The maximum absolute atomic E-state index is 13.8. The molecule has 1 aromatic carbocycles. The van der Waals surface area contributed by atoms with E-state index < -0.39 is 41.4 Å². The van der Waals surface area contributed by atoms with Gasteiger partial charge in [-0.2, -0.15) is 0 Å². The van der Waals surface area contributed by atoms with Gasteiger partial charge in [-0.05, 0) is 23.5 Å². The minimum Gasteiger partial charge on any atom is -0.480 e. The van der Waals surface area contributed by atoms with Crippen molar-refractivity contribution in [2.24, 2.45) is 5.41 Å². The lowest BCUT2D eigenvalue weighted by atomic mass is 9.85. The van der Waals surface area contributed by atoms with Crippen molar-refractivity contribution in [3.63, 3.8) is 0 Å². The number of rotatable bonds is 22. The highest BCUT2D eigenvalue weighted by Gasteiger charge is 2.44. The van der Waals surface area contributed by atoms with E-state index in [1.165, 1.54) is 4.90 Å². The predicted octanol–water partition coefficient (Wildman–Crippen LogP) is 1.40. The summed E-state index contributed by atoms with van der Waals surface area (Å²) < 4.78 is 26.3. The number of hydrogen-bond donors (Lipinski definition) is 4. The summed E-state index contributed by atoms with van der Waals surface area (Å²) in [7, 11) is 0. The monoisotopic (exact) mass is 722 g/mol. The first-order valence-corrected chi connectivity index (χ1v) is 17.4. The van der Waals surface area contributed by atoms with E-state index in [-0.39, 0.29) is 65.1 Å². The van der Waals surface area contributed by atoms with E-state index in [2.05, 4.69) is 15.6 Å². The Kier molecular flexibility index (Phi) is 17.2. The molecule has 0 bridgehead atoms. The number of β-amino-alcohol motifs (C(OH)–C–C–N with tert-alkyl or cyclic N) is 1. The average molecular weight is 723 g/mol. The summed E-state index contributed by atoms with van der Waals surface area (Å²) in [5, 5.41) is 24.6.